The Balaban J connectivity index is 3.14. The Kier molecular flexibility index (Phi) is 1.18. The van der Waals surface area contributed by atoms with Crippen LogP contribution in [0.25, 0.3) is 0 Å². The molecule has 8 heavy (non-hydrogen) atoms. The van der Waals surface area contributed by atoms with Crippen molar-refractivity contribution >= 4 is 11.6 Å². The van der Waals surface area contributed by atoms with Crippen LogP contribution < -0.4 is 5.84 Å². The second-order valence-corrected chi connectivity index (χ2v) is 1.99. The zero-order valence-electron chi connectivity index (χ0n) is 4.26. The summed E-state index contributed by atoms with van der Waals surface area (Å²) in [6.45, 7) is 3.59. The highest BCUT2D eigenvalue weighted by Crippen LogP contribution is 2.09. The number of rotatable bonds is 0. The van der Waals surface area contributed by atoms with E-state index in [4.69, 9.17) is 17.4 Å². The number of nitrogen functional groups attached to an aromatic ring is 1. The average Bonchev–Trinajstić information content (AvgIpc) is 1.85. The largest absolute Gasteiger partial charge is 0.339 e. The SMILES string of the molecule is [CH2]c1cc(Cl)cn1N. The fourth-order valence-corrected chi connectivity index (χ4v) is 0.718. The van der Waals surface area contributed by atoms with Gasteiger partial charge in [0, 0.05) is 11.9 Å². The monoisotopic (exact) mass is 129 g/mol. The minimum absolute atomic E-state index is 0.623. The summed E-state index contributed by atoms with van der Waals surface area (Å²) in [7, 11) is 0. The lowest BCUT2D eigenvalue weighted by Crippen LogP contribution is -2.06. The molecule has 0 bridgehead atoms. The summed E-state index contributed by atoms with van der Waals surface area (Å²) in [4.78, 5) is 0. The van der Waals surface area contributed by atoms with Gasteiger partial charge in [-0.1, -0.05) is 11.6 Å². The molecule has 0 amide bonds. The summed E-state index contributed by atoms with van der Waals surface area (Å²) in [6, 6.07) is 1.70. The third-order valence-corrected chi connectivity index (χ3v) is 1.11. The van der Waals surface area contributed by atoms with Crippen molar-refractivity contribution < 1.29 is 0 Å². The first-order chi connectivity index (χ1) is 3.70. The van der Waals surface area contributed by atoms with E-state index in [0.717, 1.165) is 5.69 Å². The summed E-state index contributed by atoms with van der Waals surface area (Å²) in [6.07, 6.45) is 1.60. The predicted octanol–water partition coefficient (Wildman–Crippen LogP) is 1.04. The number of hydrogen-bond donors (Lipinski definition) is 1. The summed E-state index contributed by atoms with van der Waals surface area (Å²) in [5.74, 6) is 5.31. The Bertz CT molecular complexity index is 173. The van der Waals surface area contributed by atoms with E-state index in [-0.39, 0.29) is 0 Å². The van der Waals surface area contributed by atoms with Gasteiger partial charge >= 0.3 is 0 Å². The van der Waals surface area contributed by atoms with Gasteiger partial charge in [-0.25, -0.2) is 0 Å². The minimum atomic E-state index is 0.623. The van der Waals surface area contributed by atoms with E-state index >= 15 is 0 Å². The molecular weight excluding hydrogens is 124 g/mol. The lowest BCUT2D eigenvalue weighted by molar-refractivity contribution is 0.991. The maximum atomic E-state index is 5.52. The van der Waals surface area contributed by atoms with Crippen molar-refractivity contribution in [1.29, 1.82) is 0 Å². The molecule has 0 aliphatic carbocycles. The van der Waals surface area contributed by atoms with Gasteiger partial charge in [-0.2, -0.15) is 0 Å². The lowest BCUT2D eigenvalue weighted by atomic mass is 10.5. The molecule has 0 atom stereocenters. The van der Waals surface area contributed by atoms with E-state index in [9.17, 15) is 0 Å². The molecule has 2 N–H and O–H groups in total. The van der Waals surface area contributed by atoms with Crippen LogP contribution >= 0.6 is 11.6 Å². The summed E-state index contributed by atoms with van der Waals surface area (Å²) in [5, 5.41) is 0.623. The lowest BCUT2D eigenvalue weighted by Gasteiger charge is -1.90. The molecule has 2 nitrogen and oxygen atoms in total. The van der Waals surface area contributed by atoms with Crippen LogP contribution in [0.4, 0.5) is 0 Å². The van der Waals surface area contributed by atoms with Crippen LogP contribution in [0.5, 0.6) is 0 Å². The molecule has 0 saturated carbocycles. The van der Waals surface area contributed by atoms with E-state index in [2.05, 4.69) is 6.92 Å². The van der Waals surface area contributed by atoms with E-state index in [1.54, 1.807) is 12.3 Å². The number of halogens is 1. The fourth-order valence-electron chi connectivity index (χ4n) is 0.487. The number of nitrogens with two attached hydrogens (primary N) is 1. The third kappa shape index (κ3) is 0.793. The number of hydrogen-bond acceptors (Lipinski definition) is 1. The van der Waals surface area contributed by atoms with E-state index in [1.807, 2.05) is 0 Å². The van der Waals surface area contributed by atoms with Crippen LogP contribution in [0.3, 0.4) is 0 Å². The number of nitrogens with zero attached hydrogens (tertiary/aromatic N) is 1. The Hall–Kier alpha value is -0.630. The highest BCUT2D eigenvalue weighted by Gasteiger charge is 1.92. The van der Waals surface area contributed by atoms with E-state index in [1.165, 1.54) is 4.68 Å². The van der Waals surface area contributed by atoms with Crippen molar-refractivity contribution in [1.82, 2.24) is 4.68 Å². The standard InChI is InChI=1S/C5H6ClN2/c1-4-2-5(6)3-8(4)7/h2-3H,1,7H2. The molecule has 0 aliphatic heterocycles. The molecule has 3 heteroatoms. The molecule has 1 heterocycles. The molecule has 1 radical (unpaired) electrons. The Morgan fingerprint density at radius 1 is 1.75 bits per heavy atom. The van der Waals surface area contributed by atoms with Crippen molar-refractivity contribution in [2.24, 2.45) is 0 Å². The summed E-state index contributed by atoms with van der Waals surface area (Å²) >= 11 is 5.52. The molecule has 0 aromatic carbocycles. The molecule has 1 aromatic rings. The molecule has 1 rings (SSSR count). The normalized spacial score (nSPS) is 9.75. The van der Waals surface area contributed by atoms with Gasteiger partial charge in [0.15, 0.2) is 0 Å². The van der Waals surface area contributed by atoms with Crippen molar-refractivity contribution in [3.63, 3.8) is 0 Å². The molecule has 0 spiro atoms. The topological polar surface area (TPSA) is 30.9 Å². The maximum Gasteiger partial charge on any atom is 0.0606 e. The van der Waals surface area contributed by atoms with Crippen molar-refractivity contribution in [2.45, 2.75) is 0 Å². The van der Waals surface area contributed by atoms with Gasteiger partial charge in [0.1, 0.15) is 0 Å². The van der Waals surface area contributed by atoms with Gasteiger partial charge in [0.2, 0.25) is 0 Å². The van der Waals surface area contributed by atoms with Gasteiger partial charge in [-0.05, 0) is 13.0 Å². The highest BCUT2D eigenvalue weighted by molar-refractivity contribution is 6.30. The Morgan fingerprint density at radius 2 is 2.38 bits per heavy atom. The van der Waals surface area contributed by atoms with E-state index in [0.29, 0.717) is 5.02 Å². The quantitative estimate of drug-likeness (QED) is 0.522. The zero-order chi connectivity index (χ0) is 6.15. The van der Waals surface area contributed by atoms with Crippen LogP contribution in [-0.2, 0) is 0 Å². The summed E-state index contributed by atoms with van der Waals surface area (Å²) in [5.41, 5.74) is 0.718. The molecule has 0 unspecified atom stereocenters. The first-order valence-corrected chi connectivity index (χ1v) is 2.53. The van der Waals surface area contributed by atoms with Crippen LogP contribution in [0, 0.1) is 6.92 Å². The van der Waals surface area contributed by atoms with Crippen LogP contribution in [0.1, 0.15) is 5.69 Å². The minimum Gasteiger partial charge on any atom is -0.339 e. The Morgan fingerprint density at radius 3 is 2.50 bits per heavy atom. The Labute approximate surface area is 52.8 Å². The van der Waals surface area contributed by atoms with Crippen LogP contribution in [-0.4, -0.2) is 4.68 Å². The smallest absolute Gasteiger partial charge is 0.0606 e. The fraction of sp³-hybridized carbons (Fsp3) is 0. The molecule has 43 valence electrons. The van der Waals surface area contributed by atoms with Gasteiger partial charge in [0.05, 0.1) is 5.02 Å². The highest BCUT2D eigenvalue weighted by atomic mass is 35.5. The predicted molar refractivity (Wildman–Crippen MR) is 34.1 cm³/mol. The maximum absolute atomic E-state index is 5.52. The van der Waals surface area contributed by atoms with Crippen LogP contribution in [0.15, 0.2) is 12.3 Å². The van der Waals surface area contributed by atoms with Gasteiger partial charge < -0.3 is 5.84 Å². The first kappa shape index (κ1) is 5.51. The molecule has 1 aromatic heterocycles. The van der Waals surface area contributed by atoms with Gasteiger partial charge in [0.25, 0.3) is 0 Å². The van der Waals surface area contributed by atoms with Crippen molar-refractivity contribution in [3.05, 3.63) is 29.9 Å². The molecule has 0 fully saturated rings. The molecule has 0 aliphatic rings. The first-order valence-electron chi connectivity index (χ1n) is 2.15. The second-order valence-electron chi connectivity index (χ2n) is 1.56. The average molecular weight is 130 g/mol. The molecular formula is C5H6ClN2. The second kappa shape index (κ2) is 1.71. The van der Waals surface area contributed by atoms with E-state index < -0.39 is 0 Å². The van der Waals surface area contributed by atoms with Gasteiger partial charge in [-0.3, -0.25) is 4.68 Å². The van der Waals surface area contributed by atoms with Crippen molar-refractivity contribution in [2.75, 3.05) is 5.84 Å². The van der Waals surface area contributed by atoms with Crippen molar-refractivity contribution in [3.8, 4) is 0 Å². The summed E-state index contributed by atoms with van der Waals surface area (Å²) < 4.78 is 1.38. The molecule has 0 saturated heterocycles. The zero-order valence-corrected chi connectivity index (χ0v) is 5.02. The number of aromatic nitrogens is 1. The third-order valence-electron chi connectivity index (χ3n) is 0.899. The van der Waals surface area contributed by atoms with Gasteiger partial charge in [-0.15, -0.1) is 0 Å². The van der Waals surface area contributed by atoms with Crippen LogP contribution in [0.2, 0.25) is 5.02 Å².